The number of benzene rings is 1. The molecule has 1 amide bonds. The predicted octanol–water partition coefficient (Wildman–Crippen LogP) is 4.84. The van der Waals surface area contributed by atoms with Crippen molar-refractivity contribution in [1.82, 2.24) is 4.57 Å². The molecule has 0 saturated heterocycles. The number of aromatic nitrogens is 1. The fraction of sp³-hybridized carbons (Fsp3) is 0.348. The molecular weight excluding hydrogens is 384 g/mol. The topological polar surface area (TPSA) is 66.5 Å². The number of nitrogens with two attached hydrogens (primary N) is 1. The Bertz CT molecular complexity index is 990. The average Bonchev–Trinajstić information content (AvgIpc) is 3.33. The number of carbonyl (C=O) groups is 1. The van der Waals surface area contributed by atoms with Crippen LogP contribution >= 0.6 is 11.3 Å². The Labute approximate surface area is 176 Å². The number of hydrogen-bond acceptors (Lipinski definition) is 4. The highest BCUT2D eigenvalue weighted by Crippen LogP contribution is 2.35. The van der Waals surface area contributed by atoms with E-state index >= 15 is 0 Å². The molecule has 0 fully saturated rings. The van der Waals surface area contributed by atoms with Gasteiger partial charge in [0.25, 0.3) is 5.91 Å². The van der Waals surface area contributed by atoms with Crippen LogP contribution in [-0.4, -0.2) is 24.7 Å². The lowest BCUT2D eigenvalue weighted by Gasteiger charge is -2.14. The van der Waals surface area contributed by atoms with Gasteiger partial charge in [0.15, 0.2) is 11.5 Å². The Morgan fingerprint density at radius 3 is 2.48 bits per heavy atom. The summed E-state index contributed by atoms with van der Waals surface area (Å²) in [4.78, 5) is 12.3. The maximum Gasteiger partial charge on any atom is 0.251 e. The lowest BCUT2D eigenvalue weighted by Crippen LogP contribution is -2.13. The third-order valence-electron chi connectivity index (χ3n) is 5.25. The fourth-order valence-corrected chi connectivity index (χ4v) is 4.54. The summed E-state index contributed by atoms with van der Waals surface area (Å²) in [5.41, 5.74) is 11.8. The van der Waals surface area contributed by atoms with Crippen molar-refractivity contribution < 1.29 is 14.3 Å². The molecule has 2 heterocycles. The van der Waals surface area contributed by atoms with Crippen molar-refractivity contribution in [3.63, 3.8) is 0 Å². The van der Waals surface area contributed by atoms with Gasteiger partial charge in [0.05, 0.1) is 19.8 Å². The zero-order chi connectivity index (χ0) is 21.0. The second kappa shape index (κ2) is 9.18. The summed E-state index contributed by atoms with van der Waals surface area (Å²) >= 11 is 1.63. The first kappa shape index (κ1) is 21.0. The molecule has 0 bridgehead atoms. The second-order valence-electron chi connectivity index (χ2n) is 7.00. The first-order valence-corrected chi connectivity index (χ1v) is 10.7. The van der Waals surface area contributed by atoms with Crippen LogP contribution in [0.15, 0.2) is 35.0 Å². The molecule has 5 nitrogen and oxygen atoms in total. The van der Waals surface area contributed by atoms with Crippen LogP contribution in [0.3, 0.4) is 0 Å². The van der Waals surface area contributed by atoms with Crippen LogP contribution in [-0.2, 0) is 19.4 Å². The van der Waals surface area contributed by atoms with Gasteiger partial charge >= 0.3 is 0 Å². The zero-order valence-electron chi connectivity index (χ0n) is 17.5. The standard InChI is InChI=1S/C23H28N2O3S/c1-5-6-18-22(17-10-12-29-14-17)21(23(24)26)15(2)25(18)11-9-16-7-8-19(27-3)20(13-16)28-4/h7-8,10,12-14H,5-6,9,11H2,1-4H3,(H2,24,26). The van der Waals surface area contributed by atoms with Crippen LogP contribution < -0.4 is 15.2 Å². The number of thiophene rings is 1. The van der Waals surface area contributed by atoms with E-state index in [9.17, 15) is 4.79 Å². The summed E-state index contributed by atoms with van der Waals surface area (Å²) in [5, 5.41) is 4.12. The SMILES string of the molecule is CCCc1c(-c2ccsc2)c(C(N)=O)c(C)n1CCc1ccc(OC)c(OC)c1. The minimum absolute atomic E-state index is 0.370. The monoisotopic (exact) mass is 412 g/mol. The van der Waals surface area contributed by atoms with Crippen LogP contribution in [0.5, 0.6) is 11.5 Å². The van der Waals surface area contributed by atoms with E-state index in [0.29, 0.717) is 5.56 Å². The minimum Gasteiger partial charge on any atom is -0.493 e. The number of primary amides is 1. The van der Waals surface area contributed by atoms with Crippen molar-refractivity contribution >= 4 is 17.2 Å². The van der Waals surface area contributed by atoms with Crippen LogP contribution in [0.2, 0.25) is 0 Å². The lowest BCUT2D eigenvalue weighted by molar-refractivity contribution is 0.1000. The molecule has 0 spiro atoms. The molecule has 154 valence electrons. The number of amides is 1. The van der Waals surface area contributed by atoms with Gasteiger partial charge in [0, 0.05) is 23.5 Å². The van der Waals surface area contributed by atoms with Crippen LogP contribution in [0, 0.1) is 6.92 Å². The van der Waals surface area contributed by atoms with E-state index in [2.05, 4.69) is 29.0 Å². The van der Waals surface area contributed by atoms with Gasteiger partial charge in [-0.1, -0.05) is 19.4 Å². The summed E-state index contributed by atoms with van der Waals surface area (Å²) in [5.74, 6) is 1.07. The van der Waals surface area contributed by atoms with Crippen molar-refractivity contribution in [1.29, 1.82) is 0 Å². The van der Waals surface area contributed by atoms with Gasteiger partial charge in [0.1, 0.15) is 0 Å². The Kier molecular flexibility index (Phi) is 6.64. The van der Waals surface area contributed by atoms with Gasteiger partial charge < -0.3 is 19.8 Å². The highest BCUT2D eigenvalue weighted by Gasteiger charge is 2.24. The minimum atomic E-state index is -0.370. The third kappa shape index (κ3) is 4.17. The molecule has 2 aromatic heterocycles. The van der Waals surface area contributed by atoms with Gasteiger partial charge in [-0.2, -0.15) is 11.3 Å². The van der Waals surface area contributed by atoms with Gasteiger partial charge in [-0.3, -0.25) is 4.79 Å². The smallest absolute Gasteiger partial charge is 0.251 e. The Morgan fingerprint density at radius 1 is 1.14 bits per heavy atom. The number of carbonyl (C=O) groups excluding carboxylic acids is 1. The number of ether oxygens (including phenoxy) is 2. The van der Waals surface area contributed by atoms with E-state index in [0.717, 1.165) is 59.7 Å². The second-order valence-corrected chi connectivity index (χ2v) is 7.78. The van der Waals surface area contributed by atoms with E-state index < -0.39 is 0 Å². The normalized spacial score (nSPS) is 10.9. The van der Waals surface area contributed by atoms with Crippen molar-refractivity contribution in [2.24, 2.45) is 5.73 Å². The summed E-state index contributed by atoms with van der Waals surface area (Å²) in [6, 6.07) is 8.04. The quantitative estimate of drug-likeness (QED) is 0.547. The zero-order valence-corrected chi connectivity index (χ0v) is 18.3. The number of methoxy groups -OCH3 is 2. The summed E-state index contributed by atoms with van der Waals surface area (Å²) < 4.78 is 13.0. The molecule has 0 aliphatic rings. The highest BCUT2D eigenvalue weighted by molar-refractivity contribution is 7.08. The highest BCUT2D eigenvalue weighted by atomic mass is 32.1. The van der Waals surface area contributed by atoms with Crippen LogP contribution in [0.4, 0.5) is 0 Å². The first-order chi connectivity index (χ1) is 14.0. The number of nitrogens with zero attached hydrogens (tertiary/aromatic N) is 1. The number of aryl methyl sites for hydroxylation is 1. The first-order valence-electron chi connectivity index (χ1n) is 9.77. The molecule has 0 saturated carbocycles. The Hall–Kier alpha value is -2.73. The number of hydrogen-bond donors (Lipinski definition) is 1. The van der Waals surface area contributed by atoms with Gasteiger partial charge in [-0.05, 0) is 59.9 Å². The molecule has 3 aromatic rings. The summed E-state index contributed by atoms with van der Waals surface area (Å²) in [7, 11) is 3.28. The molecule has 0 aliphatic carbocycles. The summed E-state index contributed by atoms with van der Waals surface area (Å²) in [6.45, 7) is 4.91. The van der Waals surface area contributed by atoms with E-state index in [1.165, 1.54) is 5.69 Å². The molecule has 0 unspecified atom stereocenters. The van der Waals surface area contributed by atoms with E-state index in [1.54, 1.807) is 25.6 Å². The lowest BCUT2D eigenvalue weighted by atomic mass is 10.0. The van der Waals surface area contributed by atoms with E-state index in [-0.39, 0.29) is 5.91 Å². The third-order valence-corrected chi connectivity index (χ3v) is 5.93. The maximum atomic E-state index is 12.3. The molecule has 3 rings (SSSR count). The molecule has 29 heavy (non-hydrogen) atoms. The molecule has 0 radical (unpaired) electrons. The van der Waals surface area contributed by atoms with Gasteiger partial charge in [-0.15, -0.1) is 0 Å². The Morgan fingerprint density at radius 2 is 1.90 bits per heavy atom. The van der Waals surface area contributed by atoms with Crippen molar-refractivity contribution in [3.8, 4) is 22.6 Å². The van der Waals surface area contributed by atoms with Crippen molar-refractivity contribution in [2.45, 2.75) is 39.7 Å². The molecule has 0 aliphatic heterocycles. The molecule has 1 aromatic carbocycles. The fourth-order valence-electron chi connectivity index (χ4n) is 3.89. The predicted molar refractivity (Wildman–Crippen MR) is 118 cm³/mol. The van der Waals surface area contributed by atoms with Gasteiger partial charge in [0.2, 0.25) is 0 Å². The molecule has 0 atom stereocenters. The molecular formula is C23H28N2O3S. The van der Waals surface area contributed by atoms with Crippen molar-refractivity contribution in [2.75, 3.05) is 14.2 Å². The van der Waals surface area contributed by atoms with Crippen LogP contribution in [0.25, 0.3) is 11.1 Å². The van der Waals surface area contributed by atoms with E-state index in [1.807, 2.05) is 24.4 Å². The molecule has 6 heteroatoms. The summed E-state index contributed by atoms with van der Waals surface area (Å²) in [6.07, 6.45) is 2.70. The van der Waals surface area contributed by atoms with Crippen molar-refractivity contribution in [3.05, 3.63) is 57.5 Å². The largest absolute Gasteiger partial charge is 0.493 e. The number of rotatable bonds is 9. The molecule has 2 N–H and O–H groups in total. The van der Waals surface area contributed by atoms with Crippen LogP contribution in [0.1, 0.15) is 40.7 Å². The average molecular weight is 413 g/mol. The Balaban J connectivity index is 2.01. The van der Waals surface area contributed by atoms with Gasteiger partial charge in [-0.25, -0.2) is 0 Å². The maximum absolute atomic E-state index is 12.3. The van der Waals surface area contributed by atoms with E-state index in [4.69, 9.17) is 15.2 Å².